The number of furan rings is 1. The SMILES string of the molecule is Cc1ccc(N2C(=S)N[C@H](c3ccccn3)[C@H]2c2ccc(-c3ccc(C)c(Cl)c3)o2)cc1. The molecule has 32 heavy (non-hydrogen) atoms. The summed E-state index contributed by atoms with van der Waals surface area (Å²) in [5.74, 6) is 1.57. The molecule has 0 unspecified atom stereocenters. The Balaban J connectivity index is 1.59. The summed E-state index contributed by atoms with van der Waals surface area (Å²) in [6.45, 7) is 4.06. The zero-order valence-corrected chi connectivity index (χ0v) is 19.3. The zero-order valence-electron chi connectivity index (χ0n) is 17.7. The lowest BCUT2D eigenvalue weighted by atomic mass is 10.0. The van der Waals surface area contributed by atoms with E-state index in [9.17, 15) is 0 Å². The highest BCUT2D eigenvalue weighted by Gasteiger charge is 2.42. The molecule has 1 N–H and O–H groups in total. The van der Waals surface area contributed by atoms with Gasteiger partial charge in [0.05, 0.1) is 11.7 Å². The van der Waals surface area contributed by atoms with Crippen molar-refractivity contribution in [2.24, 2.45) is 0 Å². The normalized spacial score (nSPS) is 18.1. The Bertz CT molecular complexity index is 1270. The Hall–Kier alpha value is -3.15. The molecule has 0 bridgehead atoms. The van der Waals surface area contributed by atoms with Gasteiger partial charge in [0.15, 0.2) is 5.11 Å². The molecule has 4 aromatic rings. The molecular weight excluding hydrogens is 438 g/mol. The minimum Gasteiger partial charge on any atom is -0.459 e. The molecule has 4 nitrogen and oxygen atoms in total. The van der Waals surface area contributed by atoms with Crippen LogP contribution in [0.1, 0.15) is 34.7 Å². The third kappa shape index (κ3) is 3.78. The van der Waals surface area contributed by atoms with Gasteiger partial charge in [-0.3, -0.25) is 4.98 Å². The van der Waals surface area contributed by atoms with Gasteiger partial charge in [0, 0.05) is 22.5 Å². The van der Waals surface area contributed by atoms with E-state index in [0.29, 0.717) is 5.11 Å². The van der Waals surface area contributed by atoms with Crippen LogP contribution in [0.15, 0.2) is 83.4 Å². The molecule has 0 aliphatic carbocycles. The van der Waals surface area contributed by atoms with Crippen molar-refractivity contribution in [2.45, 2.75) is 25.9 Å². The van der Waals surface area contributed by atoms with Crippen molar-refractivity contribution in [3.05, 3.63) is 107 Å². The van der Waals surface area contributed by atoms with Crippen LogP contribution in [-0.2, 0) is 0 Å². The lowest BCUT2D eigenvalue weighted by Crippen LogP contribution is -2.29. The second-order valence-corrected chi connectivity index (χ2v) is 8.79. The van der Waals surface area contributed by atoms with Crippen molar-refractivity contribution < 1.29 is 4.42 Å². The van der Waals surface area contributed by atoms with E-state index in [4.69, 9.17) is 28.2 Å². The highest BCUT2D eigenvalue weighted by atomic mass is 35.5. The Morgan fingerprint density at radius 2 is 1.81 bits per heavy atom. The summed E-state index contributed by atoms with van der Waals surface area (Å²) in [6, 6.07) is 23.9. The van der Waals surface area contributed by atoms with E-state index in [0.717, 1.165) is 39.1 Å². The first-order chi connectivity index (χ1) is 15.5. The van der Waals surface area contributed by atoms with Crippen LogP contribution < -0.4 is 10.2 Å². The van der Waals surface area contributed by atoms with E-state index in [-0.39, 0.29) is 12.1 Å². The van der Waals surface area contributed by atoms with Crippen molar-refractivity contribution in [3.63, 3.8) is 0 Å². The summed E-state index contributed by atoms with van der Waals surface area (Å²) in [6.07, 6.45) is 1.80. The molecule has 1 fully saturated rings. The first kappa shape index (κ1) is 20.7. The number of benzene rings is 2. The second kappa shape index (κ2) is 8.41. The monoisotopic (exact) mass is 459 g/mol. The number of aromatic nitrogens is 1. The molecule has 5 rings (SSSR count). The van der Waals surface area contributed by atoms with Crippen LogP contribution in [0.3, 0.4) is 0 Å². The fourth-order valence-corrected chi connectivity index (χ4v) is 4.57. The minimum absolute atomic E-state index is 0.148. The minimum atomic E-state index is -0.185. The van der Waals surface area contributed by atoms with Gasteiger partial charge >= 0.3 is 0 Å². The first-order valence-corrected chi connectivity index (χ1v) is 11.2. The van der Waals surface area contributed by atoms with Crippen molar-refractivity contribution in [1.82, 2.24) is 10.3 Å². The maximum atomic E-state index is 6.40. The van der Waals surface area contributed by atoms with E-state index < -0.39 is 0 Å². The van der Waals surface area contributed by atoms with Crippen LogP contribution in [0.4, 0.5) is 5.69 Å². The van der Waals surface area contributed by atoms with Crippen LogP contribution in [0.5, 0.6) is 0 Å². The van der Waals surface area contributed by atoms with Crippen LogP contribution in [-0.4, -0.2) is 10.1 Å². The molecule has 6 heteroatoms. The Labute approximate surface area is 197 Å². The predicted octanol–water partition coefficient (Wildman–Crippen LogP) is 6.79. The molecule has 1 aliphatic rings. The average molecular weight is 460 g/mol. The van der Waals surface area contributed by atoms with Crippen LogP contribution in [0.25, 0.3) is 11.3 Å². The smallest absolute Gasteiger partial charge is 0.174 e. The molecule has 2 aromatic carbocycles. The van der Waals surface area contributed by atoms with Crippen molar-refractivity contribution in [1.29, 1.82) is 0 Å². The Morgan fingerprint density at radius 1 is 1.00 bits per heavy atom. The van der Waals surface area contributed by atoms with E-state index >= 15 is 0 Å². The van der Waals surface area contributed by atoms with Gasteiger partial charge in [0.25, 0.3) is 0 Å². The Morgan fingerprint density at radius 3 is 2.53 bits per heavy atom. The number of hydrogen-bond donors (Lipinski definition) is 1. The number of thiocarbonyl (C=S) groups is 1. The van der Waals surface area contributed by atoms with Gasteiger partial charge in [0.2, 0.25) is 0 Å². The van der Waals surface area contributed by atoms with E-state index in [1.165, 1.54) is 5.56 Å². The number of halogens is 1. The molecule has 1 saturated heterocycles. The number of rotatable bonds is 4. The molecule has 2 atom stereocenters. The van der Waals surface area contributed by atoms with Gasteiger partial charge in [0.1, 0.15) is 17.6 Å². The maximum absolute atomic E-state index is 6.40. The number of nitrogens with zero attached hydrogens (tertiary/aromatic N) is 2. The molecule has 0 radical (unpaired) electrons. The quantitative estimate of drug-likeness (QED) is 0.340. The average Bonchev–Trinajstić information content (AvgIpc) is 3.41. The highest BCUT2D eigenvalue weighted by Crippen LogP contribution is 2.43. The summed E-state index contributed by atoms with van der Waals surface area (Å²) in [7, 11) is 0. The zero-order chi connectivity index (χ0) is 22.2. The fourth-order valence-electron chi connectivity index (χ4n) is 4.04. The van der Waals surface area contributed by atoms with Crippen molar-refractivity contribution in [3.8, 4) is 11.3 Å². The predicted molar refractivity (Wildman–Crippen MR) is 133 cm³/mol. The van der Waals surface area contributed by atoms with Crippen LogP contribution in [0, 0.1) is 13.8 Å². The summed E-state index contributed by atoms with van der Waals surface area (Å²) >= 11 is 12.1. The topological polar surface area (TPSA) is 41.3 Å². The van der Waals surface area contributed by atoms with Crippen LogP contribution >= 0.6 is 23.8 Å². The van der Waals surface area contributed by atoms with E-state index in [1.54, 1.807) is 6.20 Å². The van der Waals surface area contributed by atoms with Crippen molar-refractivity contribution >= 4 is 34.6 Å². The van der Waals surface area contributed by atoms with Crippen LogP contribution in [0.2, 0.25) is 5.02 Å². The second-order valence-electron chi connectivity index (χ2n) is 8.00. The summed E-state index contributed by atoms with van der Waals surface area (Å²) in [4.78, 5) is 6.70. The van der Waals surface area contributed by atoms with E-state index in [1.807, 2.05) is 55.5 Å². The molecule has 1 aliphatic heterocycles. The Kier molecular flexibility index (Phi) is 5.45. The van der Waals surface area contributed by atoms with Gasteiger partial charge in [-0.1, -0.05) is 47.5 Å². The molecule has 0 amide bonds. The molecule has 0 saturated carbocycles. The lowest BCUT2D eigenvalue weighted by molar-refractivity contribution is 0.439. The summed E-state index contributed by atoms with van der Waals surface area (Å²) < 4.78 is 6.40. The fraction of sp³-hybridized carbons (Fsp3) is 0.154. The molecular formula is C26H22ClN3OS. The van der Waals surface area contributed by atoms with Gasteiger partial charge in [-0.2, -0.15) is 0 Å². The van der Waals surface area contributed by atoms with Gasteiger partial charge in [-0.15, -0.1) is 0 Å². The standard InChI is InChI=1S/C26H22ClN3OS/c1-16-6-10-19(11-7-16)30-25(24(29-26(30)32)21-5-3-4-14-28-21)23-13-12-22(31-23)18-9-8-17(2)20(27)15-18/h3-15,24-25H,1-2H3,(H,29,32)/t24-,25-/m1/s1. The third-order valence-electron chi connectivity index (χ3n) is 5.78. The number of hydrogen-bond acceptors (Lipinski definition) is 3. The van der Waals surface area contributed by atoms with E-state index in [2.05, 4.69) is 46.4 Å². The largest absolute Gasteiger partial charge is 0.459 e. The number of aryl methyl sites for hydroxylation is 2. The lowest BCUT2D eigenvalue weighted by Gasteiger charge is -2.26. The third-order valence-corrected chi connectivity index (χ3v) is 6.51. The molecule has 2 aromatic heterocycles. The number of nitrogens with one attached hydrogen (secondary N) is 1. The van der Waals surface area contributed by atoms with Gasteiger partial charge in [-0.05, 0) is 74.1 Å². The molecule has 0 spiro atoms. The van der Waals surface area contributed by atoms with Gasteiger partial charge in [-0.25, -0.2) is 0 Å². The van der Waals surface area contributed by atoms with Gasteiger partial charge < -0.3 is 14.6 Å². The van der Waals surface area contributed by atoms with Crippen molar-refractivity contribution in [2.75, 3.05) is 4.90 Å². The number of pyridine rings is 1. The first-order valence-electron chi connectivity index (χ1n) is 10.4. The molecule has 3 heterocycles. The highest BCUT2D eigenvalue weighted by molar-refractivity contribution is 7.80. The summed E-state index contributed by atoms with van der Waals surface area (Å²) in [5.41, 5.74) is 5.09. The summed E-state index contributed by atoms with van der Waals surface area (Å²) in [5, 5.41) is 4.82. The maximum Gasteiger partial charge on any atom is 0.174 e. The molecule has 160 valence electrons. The number of anilines is 1.